The van der Waals surface area contributed by atoms with Crippen molar-refractivity contribution in [3.05, 3.63) is 117 Å². The number of alkyl halides is 3. The molecule has 0 spiro atoms. The number of benzene rings is 4. The maximum Gasteiger partial charge on any atom is 0.416 e. The quantitative estimate of drug-likeness (QED) is 0.226. The Bertz CT molecular complexity index is 1340. The van der Waals surface area contributed by atoms with Crippen molar-refractivity contribution in [2.45, 2.75) is 6.18 Å². The molecule has 0 aliphatic heterocycles. The van der Waals surface area contributed by atoms with Crippen molar-refractivity contribution < 1.29 is 23.0 Å². The lowest BCUT2D eigenvalue weighted by atomic mass is 9.92. The summed E-state index contributed by atoms with van der Waals surface area (Å²) in [5.41, 5.74) is 1.61. The van der Waals surface area contributed by atoms with Crippen LogP contribution in [-0.2, 0) is 6.18 Å². The van der Waals surface area contributed by atoms with E-state index in [0.717, 1.165) is 12.1 Å². The van der Waals surface area contributed by atoms with Crippen LogP contribution in [0, 0.1) is 20.2 Å². The molecule has 0 saturated heterocycles. The molecule has 0 aliphatic rings. The molecule has 0 bridgehead atoms. The maximum absolute atomic E-state index is 13.3. The predicted molar refractivity (Wildman–Crippen MR) is 121 cm³/mol. The highest BCUT2D eigenvalue weighted by molar-refractivity contribution is 5.82. The summed E-state index contributed by atoms with van der Waals surface area (Å²) in [5.74, 6) is 0. The second-order valence-corrected chi connectivity index (χ2v) is 7.49. The Balaban J connectivity index is 1.94. The highest BCUT2D eigenvalue weighted by Gasteiger charge is 2.30. The molecule has 4 aromatic rings. The minimum Gasteiger partial charge on any atom is -0.258 e. The van der Waals surface area contributed by atoms with Crippen LogP contribution in [0.5, 0.6) is 0 Å². The molecule has 170 valence electrons. The first-order valence-corrected chi connectivity index (χ1v) is 9.94. The van der Waals surface area contributed by atoms with Crippen molar-refractivity contribution in [2.24, 2.45) is 0 Å². The Morgan fingerprint density at radius 1 is 0.529 bits per heavy atom. The molecule has 0 N–H and O–H groups in total. The van der Waals surface area contributed by atoms with Crippen LogP contribution in [0.1, 0.15) is 5.56 Å². The molecule has 4 aromatic carbocycles. The van der Waals surface area contributed by atoms with Gasteiger partial charge >= 0.3 is 6.18 Å². The lowest BCUT2D eigenvalue weighted by Crippen LogP contribution is -2.04. The summed E-state index contributed by atoms with van der Waals surface area (Å²) < 4.78 is 39.9. The number of rotatable bonds is 5. The van der Waals surface area contributed by atoms with Crippen molar-refractivity contribution in [3.63, 3.8) is 0 Å². The van der Waals surface area contributed by atoms with Gasteiger partial charge in [-0.05, 0) is 63.7 Å². The molecule has 0 aromatic heterocycles. The second-order valence-electron chi connectivity index (χ2n) is 7.49. The summed E-state index contributed by atoms with van der Waals surface area (Å²) in [7, 11) is 0. The normalized spacial score (nSPS) is 11.3. The van der Waals surface area contributed by atoms with Crippen LogP contribution in [0.25, 0.3) is 33.4 Å². The van der Waals surface area contributed by atoms with Crippen LogP contribution in [0.3, 0.4) is 0 Å². The third-order valence-corrected chi connectivity index (χ3v) is 5.24. The molecule has 6 nitrogen and oxygen atoms in total. The van der Waals surface area contributed by atoms with Crippen LogP contribution in [0.2, 0.25) is 0 Å². The van der Waals surface area contributed by atoms with Crippen molar-refractivity contribution >= 4 is 11.4 Å². The van der Waals surface area contributed by atoms with Gasteiger partial charge in [-0.25, -0.2) is 0 Å². The first kappa shape index (κ1) is 22.7. The average molecular weight is 464 g/mol. The van der Waals surface area contributed by atoms with Crippen LogP contribution in [0.15, 0.2) is 91.0 Å². The van der Waals surface area contributed by atoms with Crippen molar-refractivity contribution in [1.29, 1.82) is 0 Å². The molecule has 0 unspecified atom stereocenters. The molecule has 0 fully saturated rings. The van der Waals surface area contributed by atoms with E-state index in [1.807, 2.05) is 0 Å². The Morgan fingerprint density at radius 3 is 1.29 bits per heavy atom. The summed E-state index contributed by atoms with van der Waals surface area (Å²) in [5, 5.41) is 22.5. The fourth-order valence-corrected chi connectivity index (χ4v) is 3.60. The predicted octanol–water partition coefficient (Wildman–Crippen LogP) is 7.52. The number of nitro groups is 2. The van der Waals surface area contributed by atoms with E-state index in [1.54, 1.807) is 30.3 Å². The zero-order valence-electron chi connectivity index (χ0n) is 17.3. The largest absolute Gasteiger partial charge is 0.416 e. The fourth-order valence-electron chi connectivity index (χ4n) is 3.60. The van der Waals surface area contributed by atoms with Crippen LogP contribution in [0.4, 0.5) is 24.5 Å². The molecule has 0 atom stereocenters. The van der Waals surface area contributed by atoms with E-state index in [4.69, 9.17) is 0 Å². The third kappa shape index (κ3) is 4.78. The van der Waals surface area contributed by atoms with Crippen LogP contribution >= 0.6 is 0 Å². The van der Waals surface area contributed by atoms with Crippen molar-refractivity contribution in [2.75, 3.05) is 0 Å². The molecule has 0 aliphatic carbocycles. The van der Waals surface area contributed by atoms with Gasteiger partial charge in [0.15, 0.2) is 0 Å². The lowest BCUT2D eigenvalue weighted by Gasteiger charge is -2.13. The minimum absolute atomic E-state index is 0.140. The molecular weight excluding hydrogens is 449 g/mol. The number of nitro benzene ring substituents is 2. The van der Waals surface area contributed by atoms with Gasteiger partial charge in [0.05, 0.1) is 15.4 Å². The Morgan fingerprint density at radius 2 is 0.912 bits per heavy atom. The number of hydrogen-bond donors (Lipinski definition) is 0. The lowest BCUT2D eigenvalue weighted by molar-refractivity contribution is -0.385. The van der Waals surface area contributed by atoms with Gasteiger partial charge < -0.3 is 0 Å². The van der Waals surface area contributed by atoms with Gasteiger partial charge in [0, 0.05) is 24.3 Å². The second kappa shape index (κ2) is 8.78. The average Bonchev–Trinajstić information content (AvgIpc) is 2.83. The van der Waals surface area contributed by atoms with Crippen LogP contribution in [-0.4, -0.2) is 9.85 Å². The van der Waals surface area contributed by atoms with Crippen LogP contribution < -0.4 is 0 Å². The van der Waals surface area contributed by atoms with E-state index in [0.29, 0.717) is 27.8 Å². The maximum atomic E-state index is 13.3. The smallest absolute Gasteiger partial charge is 0.258 e. The topological polar surface area (TPSA) is 86.3 Å². The molecular formula is C25H15F3N2O4. The Kier molecular flexibility index (Phi) is 5.85. The van der Waals surface area contributed by atoms with Gasteiger partial charge in [0.2, 0.25) is 0 Å². The Labute approximate surface area is 191 Å². The van der Waals surface area contributed by atoms with Gasteiger partial charge in [-0.1, -0.05) is 36.4 Å². The molecule has 0 saturated carbocycles. The molecule has 0 radical (unpaired) electrons. The third-order valence-electron chi connectivity index (χ3n) is 5.24. The van der Waals surface area contributed by atoms with Gasteiger partial charge in [0.1, 0.15) is 0 Å². The zero-order valence-corrected chi connectivity index (χ0v) is 17.3. The highest BCUT2D eigenvalue weighted by atomic mass is 19.4. The highest BCUT2D eigenvalue weighted by Crippen LogP contribution is 2.37. The SMILES string of the molecule is O=[N+]([O-])c1cccc(-c2cc(-c3cccc([N+](=O)[O-])c3)cc(-c3cccc(C(F)(F)F)c3)c2)c1. The van der Waals surface area contributed by atoms with E-state index < -0.39 is 21.6 Å². The molecule has 34 heavy (non-hydrogen) atoms. The number of halogens is 3. The Hall–Kier alpha value is -4.53. The number of non-ortho nitro benzene ring substituents is 2. The minimum atomic E-state index is -4.53. The first-order valence-electron chi connectivity index (χ1n) is 9.94. The van der Waals surface area contributed by atoms with E-state index in [2.05, 4.69) is 0 Å². The van der Waals surface area contributed by atoms with E-state index in [1.165, 1.54) is 48.5 Å². The molecule has 4 rings (SSSR count). The van der Waals surface area contributed by atoms with Gasteiger partial charge in [-0.3, -0.25) is 20.2 Å². The summed E-state index contributed by atoms with van der Waals surface area (Å²) in [6.45, 7) is 0. The zero-order chi connectivity index (χ0) is 24.5. The van der Waals surface area contributed by atoms with E-state index >= 15 is 0 Å². The summed E-state index contributed by atoms with van der Waals surface area (Å²) in [6, 6.07) is 21.5. The molecule has 0 amide bonds. The van der Waals surface area contributed by atoms with Gasteiger partial charge in [-0.15, -0.1) is 0 Å². The fraction of sp³-hybridized carbons (Fsp3) is 0.0400. The summed E-state index contributed by atoms with van der Waals surface area (Å²) >= 11 is 0. The number of nitrogens with zero attached hydrogens (tertiary/aromatic N) is 2. The van der Waals surface area contributed by atoms with Crippen molar-refractivity contribution in [1.82, 2.24) is 0 Å². The van der Waals surface area contributed by atoms with E-state index in [9.17, 15) is 33.4 Å². The monoisotopic (exact) mass is 464 g/mol. The summed E-state index contributed by atoms with van der Waals surface area (Å²) in [4.78, 5) is 21.4. The number of hydrogen-bond acceptors (Lipinski definition) is 4. The standard InChI is InChI=1S/C25H15F3N2O4/c26-25(27,28)22-7-1-4-16(13-22)19-10-20(17-5-2-8-23(14-17)29(31)32)12-21(11-19)18-6-3-9-24(15-18)30(33)34/h1-15H. The molecule has 0 heterocycles. The van der Waals surface area contributed by atoms with E-state index in [-0.39, 0.29) is 16.9 Å². The van der Waals surface area contributed by atoms with Crippen molar-refractivity contribution in [3.8, 4) is 33.4 Å². The van der Waals surface area contributed by atoms with Gasteiger partial charge in [-0.2, -0.15) is 13.2 Å². The van der Waals surface area contributed by atoms with Gasteiger partial charge in [0.25, 0.3) is 11.4 Å². The molecule has 9 heteroatoms. The summed E-state index contributed by atoms with van der Waals surface area (Å²) in [6.07, 6.45) is -4.53. The first-order chi connectivity index (χ1) is 16.1.